The van der Waals surface area contributed by atoms with Crippen LogP contribution in [-0.2, 0) is 0 Å². The number of nitrogens with zero attached hydrogens (tertiary/aromatic N) is 4. The molecule has 0 saturated heterocycles. The second kappa shape index (κ2) is 9.07. The summed E-state index contributed by atoms with van der Waals surface area (Å²) in [5.41, 5.74) is 6.47. The van der Waals surface area contributed by atoms with Gasteiger partial charge in [-0.1, -0.05) is 91.0 Å². The molecule has 0 atom stereocenters. The predicted molar refractivity (Wildman–Crippen MR) is 164 cm³/mol. The molecule has 0 saturated carbocycles. The Kier molecular flexibility index (Phi) is 5.10. The SMILES string of the molecule is c1ccc(-c2cc(-c3ccccc3)nc(-c3ccc4c(ccc5ccc6ccc7ncccc7c6c54)n3)n2)cc1. The molecule has 0 radical (unpaired) electrons. The van der Waals surface area contributed by atoms with Crippen molar-refractivity contribution >= 4 is 43.4 Å². The summed E-state index contributed by atoms with van der Waals surface area (Å²) in [7, 11) is 0. The highest BCUT2D eigenvalue weighted by Crippen LogP contribution is 2.36. The van der Waals surface area contributed by atoms with Crippen molar-refractivity contribution < 1.29 is 0 Å². The maximum absolute atomic E-state index is 5.11. The molecule has 0 N–H and O–H groups in total. The summed E-state index contributed by atoms with van der Waals surface area (Å²) < 4.78 is 0. The van der Waals surface area contributed by atoms with Crippen LogP contribution >= 0.6 is 0 Å². The minimum absolute atomic E-state index is 0.606. The standard InChI is InChI=1S/C36H22N4/c1-3-8-23(9-4-1)32-22-33(24-10-5-2-6-11-24)40-36(39-32)31-20-17-28-30(38-31)19-16-26-14-13-25-15-18-29-27(12-7-21-37-29)34(25)35(26)28/h1-22H. The van der Waals surface area contributed by atoms with Gasteiger partial charge < -0.3 is 0 Å². The van der Waals surface area contributed by atoms with E-state index in [4.69, 9.17) is 15.0 Å². The van der Waals surface area contributed by atoms with E-state index in [2.05, 4.69) is 77.8 Å². The number of hydrogen-bond donors (Lipinski definition) is 0. The Hall–Kier alpha value is -5.48. The van der Waals surface area contributed by atoms with E-state index in [0.29, 0.717) is 5.82 Å². The van der Waals surface area contributed by atoms with E-state index in [1.807, 2.05) is 60.8 Å². The smallest absolute Gasteiger partial charge is 0.179 e. The van der Waals surface area contributed by atoms with Gasteiger partial charge in [0.15, 0.2) is 5.82 Å². The van der Waals surface area contributed by atoms with Crippen molar-refractivity contribution in [2.75, 3.05) is 0 Å². The largest absolute Gasteiger partial charge is 0.256 e. The highest BCUT2D eigenvalue weighted by Gasteiger charge is 2.14. The molecule has 0 bridgehead atoms. The first-order valence-corrected chi connectivity index (χ1v) is 13.3. The minimum atomic E-state index is 0.606. The zero-order valence-corrected chi connectivity index (χ0v) is 21.5. The molecule has 0 aliphatic heterocycles. The number of hydrogen-bond acceptors (Lipinski definition) is 4. The van der Waals surface area contributed by atoms with Crippen molar-refractivity contribution in [1.82, 2.24) is 19.9 Å². The Morgan fingerprint density at radius 2 is 0.975 bits per heavy atom. The molecule has 3 aromatic heterocycles. The number of pyridine rings is 2. The van der Waals surface area contributed by atoms with Gasteiger partial charge in [-0.3, -0.25) is 4.98 Å². The lowest BCUT2D eigenvalue weighted by molar-refractivity contribution is 1.16. The molecule has 0 fully saturated rings. The first kappa shape index (κ1) is 22.5. The molecule has 0 aliphatic carbocycles. The fraction of sp³-hybridized carbons (Fsp3) is 0. The van der Waals surface area contributed by atoms with E-state index in [9.17, 15) is 0 Å². The molecule has 4 heteroatoms. The molecule has 0 unspecified atom stereocenters. The van der Waals surface area contributed by atoms with Crippen molar-refractivity contribution in [3.05, 3.63) is 134 Å². The Balaban J connectivity index is 1.37. The van der Waals surface area contributed by atoms with Crippen LogP contribution in [0.5, 0.6) is 0 Å². The minimum Gasteiger partial charge on any atom is -0.256 e. The van der Waals surface area contributed by atoms with Gasteiger partial charge in [0.2, 0.25) is 0 Å². The first-order valence-electron chi connectivity index (χ1n) is 13.3. The Morgan fingerprint density at radius 3 is 1.62 bits per heavy atom. The highest BCUT2D eigenvalue weighted by molar-refractivity contribution is 6.26. The monoisotopic (exact) mass is 510 g/mol. The second-order valence-electron chi connectivity index (χ2n) is 9.92. The summed E-state index contributed by atoms with van der Waals surface area (Å²) in [5, 5.41) is 7.02. The Labute approximate surface area is 230 Å². The number of rotatable bonds is 3. The van der Waals surface area contributed by atoms with Crippen LogP contribution in [0, 0.1) is 0 Å². The molecule has 8 rings (SSSR count). The molecule has 0 amide bonds. The van der Waals surface area contributed by atoms with Gasteiger partial charge in [-0.25, -0.2) is 15.0 Å². The average Bonchev–Trinajstić information content (AvgIpc) is 3.04. The van der Waals surface area contributed by atoms with Crippen LogP contribution in [0.25, 0.3) is 77.4 Å². The average molecular weight is 511 g/mol. The topological polar surface area (TPSA) is 51.6 Å². The maximum Gasteiger partial charge on any atom is 0.179 e. The van der Waals surface area contributed by atoms with E-state index in [1.54, 1.807) is 0 Å². The van der Waals surface area contributed by atoms with Crippen molar-refractivity contribution in [2.24, 2.45) is 0 Å². The molecular weight excluding hydrogens is 488 g/mol. The Morgan fingerprint density at radius 1 is 0.400 bits per heavy atom. The van der Waals surface area contributed by atoms with Crippen molar-refractivity contribution in [2.45, 2.75) is 0 Å². The normalized spacial score (nSPS) is 11.5. The summed E-state index contributed by atoms with van der Waals surface area (Å²) >= 11 is 0. The van der Waals surface area contributed by atoms with Gasteiger partial charge in [0, 0.05) is 28.1 Å². The molecule has 0 aliphatic rings. The predicted octanol–water partition coefficient (Wildman–Crippen LogP) is 8.88. The third-order valence-corrected chi connectivity index (χ3v) is 7.51. The lowest BCUT2D eigenvalue weighted by Gasteiger charge is -2.12. The number of fused-ring (bicyclic) bond motifs is 7. The van der Waals surface area contributed by atoms with Crippen LogP contribution in [0.1, 0.15) is 0 Å². The van der Waals surface area contributed by atoms with E-state index in [1.165, 1.54) is 21.5 Å². The third-order valence-electron chi connectivity index (χ3n) is 7.51. The zero-order valence-electron chi connectivity index (χ0n) is 21.5. The molecule has 186 valence electrons. The fourth-order valence-electron chi connectivity index (χ4n) is 5.61. The van der Waals surface area contributed by atoms with E-state index in [-0.39, 0.29) is 0 Å². The third kappa shape index (κ3) is 3.69. The van der Waals surface area contributed by atoms with Gasteiger partial charge in [0.1, 0.15) is 5.69 Å². The maximum atomic E-state index is 5.11. The zero-order chi connectivity index (χ0) is 26.5. The molecule has 3 heterocycles. The van der Waals surface area contributed by atoms with Crippen LogP contribution in [0.3, 0.4) is 0 Å². The molecular formula is C36H22N4. The first-order chi connectivity index (χ1) is 19.8. The van der Waals surface area contributed by atoms with Gasteiger partial charge in [0.25, 0.3) is 0 Å². The van der Waals surface area contributed by atoms with E-state index < -0.39 is 0 Å². The summed E-state index contributed by atoms with van der Waals surface area (Å²) in [6.45, 7) is 0. The van der Waals surface area contributed by atoms with Gasteiger partial charge in [0.05, 0.1) is 22.4 Å². The van der Waals surface area contributed by atoms with Crippen LogP contribution < -0.4 is 0 Å². The van der Waals surface area contributed by atoms with Crippen LogP contribution in [0.15, 0.2) is 134 Å². The quantitative estimate of drug-likeness (QED) is 0.223. The van der Waals surface area contributed by atoms with Gasteiger partial charge in [-0.2, -0.15) is 0 Å². The highest BCUT2D eigenvalue weighted by atomic mass is 14.9. The fourth-order valence-corrected chi connectivity index (χ4v) is 5.61. The summed E-state index contributed by atoms with van der Waals surface area (Å²) in [4.78, 5) is 19.7. The van der Waals surface area contributed by atoms with Crippen LogP contribution in [0.4, 0.5) is 0 Å². The molecule has 5 aromatic carbocycles. The number of aromatic nitrogens is 4. The van der Waals surface area contributed by atoms with Crippen molar-refractivity contribution in [1.29, 1.82) is 0 Å². The summed E-state index contributed by atoms with van der Waals surface area (Å²) in [6.07, 6.45) is 1.85. The molecule has 4 nitrogen and oxygen atoms in total. The van der Waals surface area contributed by atoms with Crippen molar-refractivity contribution in [3.63, 3.8) is 0 Å². The van der Waals surface area contributed by atoms with Gasteiger partial charge in [-0.15, -0.1) is 0 Å². The second-order valence-corrected chi connectivity index (χ2v) is 9.92. The van der Waals surface area contributed by atoms with Gasteiger partial charge >= 0.3 is 0 Å². The molecule has 40 heavy (non-hydrogen) atoms. The summed E-state index contributed by atoms with van der Waals surface area (Å²) in [6, 6.07) is 43.7. The molecule has 0 spiro atoms. The lowest BCUT2D eigenvalue weighted by Crippen LogP contribution is -1.97. The lowest BCUT2D eigenvalue weighted by atomic mass is 9.95. The summed E-state index contributed by atoms with van der Waals surface area (Å²) in [5.74, 6) is 0.606. The number of benzene rings is 5. The van der Waals surface area contributed by atoms with Crippen molar-refractivity contribution in [3.8, 4) is 34.0 Å². The van der Waals surface area contributed by atoms with Crippen LogP contribution in [0.2, 0.25) is 0 Å². The van der Waals surface area contributed by atoms with E-state index in [0.717, 1.165) is 50.0 Å². The van der Waals surface area contributed by atoms with Crippen LogP contribution in [-0.4, -0.2) is 19.9 Å². The Bertz CT molecular complexity index is 2140. The molecule has 8 aromatic rings. The van der Waals surface area contributed by atoms with E-state index >= 15 is 0 Å². The van der Waals surface area contributed by atoms with Gasteiger partial charge in [-0.05, 0) is 57.9 Å².